The summed E-state index contributed by atoms with van der Waals surface area (Å²) in [7, 11) is 1.78. The summed E-state index contributed by atoms with van der Waals surface area (Å²) < 4.78 is 5.19. The molecule has 0 aromatic rings. The number of thioether (sulfide) groups is 1. The van der Waals surface area contributed by atoms with Crippen molar-refractivity contribution in [3.05, 3.63) is 0 Å². The van der Waals surface area contributed by atoms with E-state index in [9.17, 15) is 0 Å². The first kappa shape index (κ1) is 14.3. The van der Waals surface area contributed by atoms with Crippen molar-refractivity contribution < 1.29 is 4.74 Å². The van der Waals surface area contributed by atoms with Crippen LogP contribution in [0.2, 0.25) is 0 Å². The van der Waals surface area contributed by atoms with Crippen molar-refractivity contribution in [3.8, 4) is 0 Å². The third-order valence-corrected chi connectivity index (χ3v) is 3.08. The monoisotopic (exact) mass is 219 g/mol. The Morgan fingerprint density at radius 2 is 2.14 bits per heavy atom. The molecule has 0 fully saturated rings. The molecule has 0 aromatic heterocycles. The zero-order chi connectivity index (χ0) is 10.6. The molecule has 0 heterocycles. The smallest absolute Gasteiger partial charge is 0.0615 e. The molecule has 0 saturated carbocycles. The maximum absolute atomic E-state index is 5.19. The van der Waals surface area contributed by atoms with E-state index in [-0.39, 0.29) is 0 Å². The van der Waals surface area contributed by atoms with Gasteiger partial charge in [-0.1, -0.05) is 13.8 Å². The Bertz CT molecular complexity index is 111. The first-order chi connectivity index (χ1) is 6.85. The maximum atomic E-state index is 5.19. The summed E-state index contributed by atoms with van der Waals surface area (Å²) in [5.74, 6) is 2.52. The van der Waals surface area contributed by atoms with E-state index in [1.165, 1.54) is 30.8 Å². The van der Waals surface area contributed by atoms with Crippen molar-refractivity contribution in [2.24, 2.45) is 0 Å². The van der Waals surface area contributed by atoms with Gasteiger partial charge in [0.2, 0.25) is 0 Å². The summed E-state index contributed by atoms with van der Waals surface area (Å²) in [6.45, 7) is 6.36. The van der Waals surface area contributed by atoms with Crippen molar-refractivity contribution in [1.82, 2.24) is 5.32 Å². The van der Waals surface area contributed by atoms with Gasteiger partial charge >= 0.3 is 0 Å². The Hall–Kier alpha value is 0.270. The second-order valence-electron chi connectivity index (χ2n) is 3.45. The van der Waals surface area contributed by atoms with Crippen LogP contribution in [0.25, 0.3) is 0 Å². The second-order valence-corrected chi connectivity index (χ2v) is 4.84. The average molecular weight is 219 g/mol. The number of hydrogen-bond acceptors (Lipinski definition) is 3. The van der Waals surface area contributed by atoms with Gasteiger partial charge in [-0.3, -0.25) is 0 Å². The highest BCUT2D eigenvalue weighted by molar-refractivity contribution is 7.99. The first-order valence-corrected chi connectivity index (χ1v) is 6.80. The van der Waals surface area contributed by atoms with Crippen LogP contribution in [-0.4, -0.2) is 37.8 Å². The average Bonchev–Trinajstić information content (AvgIpc) is 2.20. The van der Waals surface area contributed by atoms with Crippen molar-refractivity contribution >= 4 is 11.8 Å². The molecular weight excluding hydrogens is 194 g/mol. The zero-order valence-corrected chi connectivity index (χ0v) is 10.7. The summed E-state index contributed by atoms with van der Waals surface area (Å²) >= 11 is 2.02. The van der Waals surface area contributed by atoms with Gasteiger partial charge in [0, 0.05) is 13.2 Å². The lowest BCUT2D eigenvalue weighted by Gasteiger charge is -2.17. The first-order valence-electron chi connectivity index (χ1n) is 5.65. The molecule has 1 atom stereocenters. The van der Waals surface area contributed by atoms with E-state index in [1.807, 2.05) is 11.8 Å². The van der Waals surface area contributed by atoms with Crippen LogP contribution < -0.4 is 5.32 Å². The van der Waals surface area contributed by atoms with E-state index in [1.54, 1.807) is 7.11 Å². The maximum Gasteiger partial charge on any atom is 0.0615 e. The molecule has 3 heteroatoms. The number of ether oxygens (including phenoxy) is 1. The highest BCUT2D eigenvalue weighted by Crippen LogP contribution is 2.06. The third-order valence-electron chi connectivity index (χ3n) is 2.10. The molecular formula is C11H25NOS. The summed E-state index contributed by atoms with van der Waals surface area (Å²) in [5.41, 5.74) is 0. The van der Waals surface area contributed by atoms with E-state index < -0.39 is 0 Å². The van der Waals surface area contributed by atoms with E-state index in [4.69, 9.17) is 4.74 Å². The fraction of sp³-hybridized carbons (Fsp3) is 1.00. The summed E-state index contributed by atoms with van der Waals surface area (Å²) in [5, 5.41) is 3.51. The molecule has 0 radical (unpaired) electrons. The topological polar surface area (TPSA) is 21.3 Å². The van der Waals surface area contributed by atoms with Crippen LogP contribution >= 0.6 is 11.8 Å². The van der Waals surface area contributed by atoms with Gasteiger partial charge in [-0.25, -0.2) is 0 Å². The normalized spacial score (nSPS) is 13.1. The summed E-state index contributed by atoms with van der Waals surface area (Å²) in [4.78, 5) is 0. The number of methoxy groups -OCH3 is 1. The van der Waals surface area contributed by atoms with E-state index >= 15 is 0 Å². The van der Waals surface area contributed by atoms with Crippen LogP contribution in [0.1, 0.15) is 33.1 Å². The van der Waals surface area contributed by atoms with Crippen LogP contribution in [-0.2, 0) is 4.74 Å². The molecule has 14 heavy (non-hydrogen) atoms. The lowest BCUT2D eigenvalue weighted by Crippen LogP contribution is -2.33. The van der Waals surface area contributed by atoms with Crippen LogP contribution in [0.5, 0.6) is 0 Å². The molecule has 0 aliphatic rings. The molecule has 0 rings (SSSR count). The van der Waals surface area contributed by atoms with Crippen LogP contribution in [0, 0.1) is 0 Å². The second kappa shape index (κ2) is 11.3. The number of hydrogen-bond donors (Lipinski definition) is 1. The van der Waals surface area contributed by atoms with Gasteiger partial charge in [-0.2, -0.15) is 11.8 Å². The molecule has 0 aliphatic heterocycles. The third kappa shape index (κ3) is 8.85. The standard InChI is InChI=1S/C11H25NOS/c1-4-8-12-11(10-13-3)7-6-9-14-5-2/h11-12H,4-10H2,1-3H3. The fourth-order valence-electron chi connectivity index (χ4n) is 1.37. The molecule has 86 valence electrons. The quantitative estimate of drug-likeness (QED) is 0.571. The van der Waals surface area contributed by atoms with Crippen molar-refractivity contribution in [3.63, 3.8) is 0 Å². The van der Waals surface area contributed by atoms with Gasteiger partial charge in [-0.05, 0) is 37.3 Å². The minimum absolute atomic E-state index is 0.553. The number of rotatable bonds is 10. The highest BCUT2D eigenvalue weighted by atomic mass is 32.2. The molecule has 0 bridgehead atoms. The molecule has 0 amide bonds. The SMILES string of the molecule is CCCNC(CCCSCC)COC. The lowest BCUT2D eigenvalue weighted by molar-refractivity contribution is 0.162. The minimum atomic E-state index is 0.553. The van der Waals surface area contributed by atoms with Crippen molar-refractivity contribution in [2.75, 3.05) is 31.8 Å². The summed E-state index contributed by atoms with van der Waals surface area (Å²) in [6.07, 6.45) is 3.73. The van der Waals surface area contributed by atoms with E-state index in [2.05, 4.69) is 19.2 Å². The van der Waals surface area contributed by atoms with Gasteiger partial charge in [0.05, 0.1) is 6.61 Å². The Labute approximate surface area is 93.2 Å². The van der Waals surface area contributed by atoms with Gasteiger partial charge in [-0.15, -0.1) is 0 Å². The predicted octanol–water partition coefficient (Wildman–Crippen LogP) is 2.53. The van der Waals surface area contributed by atoms with Gasteiger partial charge < -0.3 is 10.1 Å². The molecule has 0 saturated heterocycles. The van der Waals surface area contributed by atoms with Crippen molar-refractivity contribution in [1.29, 1.82) is 0 Å². The fourth-order valence-corrected chi connectivity index (χ4v) is 2.03. The molecule has 0 aliphatic carbocycles. The highest BCUT2D eigenvalue weighted by Gasteiger charge is 2.05. The Morgan fingerprint density at radius 3 is 2.71 bits per heavy atom. The molecule has 2 nitrogen and oxygen atoms in total. The van der Waals surface area contributed by atoms with Gasteiger partial charge in [0.25, 0.3) is 0 Å². The molecule has 0 spiro atoms. The van der Waals surface area contributed by atoms with E-state index in [0.717, 1.165) is 13.2 Å². The minimum Gasteiger partial charge on any atom is -0.383 e. The van der Waals surface area contributed by atoms with Crippen LogP contribution in [0.3, 0.4) is 0 Å². The summed E-state index contributed by atoms with van der Waals surface area (Å²) in [6, 6.07) is 0.553. The van der Waals surface area contributed by atoms with Gasteiger partial charge in [0.15, 0.2) is 0 Å². The Kier molecular flexibility index (Phi) is 11.6. The van der Waals surface area contributed by atoms with Crippen LogP contribution in [0.4, 0.5) is 0 Å². The zero-order valence-electron chi connectivity index (χ0n) is 9.84. The number of nitrogens with one attached hydrogen (secondary N) is 1. The molecule has 0 aromatic carbocycles. The predicted molar refractivity (Wildman–Crippen MR) is 66.2 cm³/mol. The van der Waals surface area contributed by atoms with Crippen LogP contribution in [0.15, 0.2) is 0 Å². The van der Waals surface area contributed by atoms with Crippen molar-refractivity contribution in [2.45, 2.75) is 39.2 Å². The largest absolute Gasteiger partial charge is 0.383 e. The Morgan fingerprint density at radius 1 is 1.36 bits per heavy atom. The molecule has 1 N–H and O–H groups in total. The van der Waals surface area contributed by atoms with Gasteiger partial charge in [0.1, 0.15) is 0 Å². The Balaban J connectivity index is 3.40. The molecule has 1 unspecified atom stereocenters. The lowest BCUT2D eigenvalue weighted by atomic mass is 10.2. The van der Waals surface area contributed by atoms with E-state index in [0.29, 0.717) is 6.04 Å².